The van der Waals surface area contributed by atoms with Crippen LogP contribution >= 0.6 is 0 Å². The lowest BCUT2D eigenvalue weighted by molar-refractivity contribution is -0.189. The fourth-order valence-electron chi connectivity index (χ4n) is 2.52. The summed E-state index contributed by atoms with van der Waals surface area (Å²) in [5.41, 5.74) is 0.173. The van der Waals surface area contributed by atoms with Crippen molar-refractivity contribution in [3.8, 4) is 5.75 Å². The van der Waals surface area contributed by atoms with E-state index in [1.54, 1.807) is 0 Å². The molecule has 0 aliphatic carbocycles. The first-order valence-electron chi connectivity index (χ1n) is 8.41. The zero-order valence-corrected chi connectivity index (χ0v) is 16.4. The van der Waals surface area contributed by atoms with E-state index < -0.39 is 40.3 Å². The third kappa shape index (κ3) is 4.93. The monoisotopic (exact) mass is 446 g/mol. The van der Waals surface area contributed by atoms with Gasteiger partial charge in [0.05, 0.1) is 22.3 Å². The molecule has 1 heterocycles. The molecule has 2 aromatic carbocycles. The third-order valence-electron chi connectivity index (χ3n) is 3.89. The maximum Gasteiger partial charge on any atom is 0.425 e. The number of fused-ring (bicyclic) bond motifs is 1. The van der Waals surface area contributed by atoms with Crippen molar-refractivity contribution in [2.75, 3.05) is 11.6 Å². The van der Waals surface area contributed by atoms with Gasteiger partial charge < -0.3 is 10.1 Å². The van der Waals surface area contributed by atoms with Gasteiger partial charge in [0.2, 0.25) is 0 Å². The predicted octanol–water partition coefficient (Wildman–Crippen LogP) is 4.91. The minimum atomic E-state index is -4.67. The molecule has 2 atom stereocenters. The number of rotatable bonds is 5. The molecule has 0 radical (unpaired) electrons. The van der Waals surface area contributed by atoms with E-state index >= 15 is 0 Å². The molecule has 0 fully saturated rings. The lowest BCUT2D eigenvalue weighted by atomic mass is 10.2. The van der Waals surface area contributed by atoms with Crippen LogP contribution in [0.4, 0.5) is 39.1 Å². The molecular weight excluding hydrogens is 431 g/mol. The third-order valence-corrected chi connectivity index (χ3v) is 4.40. The van der Waals surface area contributed by atoms with Crippen LogP contribution in [0.15, 0.2) is 41.0 Å². The minimum Gasteiger partial charge on any atom is -0.479 e. The summed E-state index contributed by atoms with van der Waals surface area (Å²) in [5.74, 6) is -2.12. The number of hydrogen-bond acceptors (Lipinski definition) is 6. The van der Waals surface area contributed by atoms with Gasteiger partial charge in [0.1, 0.15) is 29.5 Å². The normalized spacial score (nSPS) is 14.0. The second-order valence-corrected chi connectivity index (χ2v) is 7.30. The van der Waals surface area contributed by atoms with Gasteiger partial charge in [-0.15, -0.1) is 0 Å². The molecule has 3 rings (SSSR count). The molecule has 0 bridgehead atoms. The summed E-state index contributed by atoms with van der Waals surface area (Å²) in [6.45, 7) is 0.776. The van der Waals surface area contributed by atoms with Crippen molar-refractivity contribution in [3.63, 3.8) is 0 Å². The molecule has 0 saturated heterocycles. The van der Waals surface area contributed by atoms with Gasteiger partial charge in [-0.3, -0.25) is 4.21 Å². The zero-order chi connectivity index (χ0) is 22.1. The highest BCUT2D eigenvalue weighted by Crippen LogP contribution is 2.35. The van der Waals surface area contributed by atoms with E-state index in [9.17, 15) is 26.2 Å². The molecule has 1 N–H and O–H groups in total. The first-order valence-corrected chi connectivity index (χ1v) is 10.1. The Morgan fingerprint density at radius 1 is 1.17 bits per heavy atom. The Morgan fingerprint density at radius 3 is 2.57 bits per heavy atom. The summed E-state index contributed by atoms with van der Waals surface area (Å²) in [4.78, 5) is 7.87. The number of nitrogens with one attached hydrogen (secondary N) is 1. The number of anilines is 2. The first kappa shape index (κ1) is 21.7. The zero-order valence-electron chi connectivity index (χ0n) is 15.5. The van der Waals surface area contributed by atoms with Gasteiger partial charge >= 0.3 is 6.18 Å². The van der Waals surface area contributed by atoms with Crippen LogP contribution in [-0.4, -0.2) is 32.7 Å². The Hall–Kier alpha value is -3.02. The number of thiol groups is 1. The van der Waals surface area contributed by atoms with E-state index in [0.717, 1.165) is 37.5 Å². The molecule has 1 unspecified atom stereocenters. The molecule has 0 amide bonds. The lowest BCUT2D eigenvalue weighted by Crippen LogP contribution is -2.31. The van der Waals surface area contributed by atoms with Crippen molar-refractivity contribution >= 4 is 38.7 Å². The van der Waals surface area contributed by atoms with Gasteiger partial charge in [0.15, 0.2) is 6.10 Å². The Balaban J connectivity index is 2.05. The van der Waals surface area contributed by atoms with Crippen LogP contribution in [0, 0.1) is 11.6 Å². The van der Waals surface area contributed by atoms with Crippen molar-refractivity contribution in [2.24, 2.45) is 4.36 Å². The molecule has 6 nitrogen and oxygen atoms in total. The number of alkyl halides is 3. The average molecular weight is 446 g/mol. The molecule has 12 heteroatoms. The number of ether oxygens (including phenoxy) is 1. The quantitative estimate of drug-likeness (QED) is 0.430. The average Bonchev–Trinajstić information content (AvgIpc) is 2.62. The second-order valence-electron chi connectivity index (χ2n) is 6.18. The largest absolute Gasteiger partial charge is 0.479 e. The maximum absolute atomic E-state index is 14.7. The molecule has 0 spiro atoms. The summed E-state index contributed by atoms with van der Waals surface area (Å²) >= 11 is 0. The van der Waals surface area contributed by atoms with Crippen LogP contribution < -0.4 is 10.1 Å². The van der Waals surface area contributed by atoms with Crippen molar-refractivity contribution in [1.29, 1.82) is 0 Å². The standard InChI is InChI=1S/C18H15F5N4O2S/c1-9(18(21,22)23)29-15-5-10(19)3-4-13(15)26-17-16-12(20)6-11(27-30(2)28)7-14(16)24-8-25-17/h3-9,30H,1-2H3,(H,24,25,26)/t9-/m1/s1. The Kier molecular flexibility index (Phi) is 6.06. The van der Waals surface area contributed by atoms with E-state index in [0.29, 0.717) is 0 Å². The van der Waals surface area contributed by atoms with Gasteiger partial charge in [-0.1, -0.05) is 0 Å². The van der Waals surface area contributed by atoms with Gasteiger partial charge in [-0.25, -0.2) is 23.1 Å². The Bertz CT molecular complexity index is 1180. The fraction of sp³-hybridized carbons (Fsp3) is 0.222. The molecule has 3 aromatic rings. The number of hydrogen-bond donors (Lipinski definition) is 2. The summed E-state index contributed by atoms with van der Waals surface area (Å²) in [6.07, 6.45) is -4.43. The molecule has 160 valence electrons. The van der Waals surface area contributed by atoms with Crippen molar-refractivity contribution in [2.45, 2.75) is 19.2 Å². The highest BCUT2D eigenvalue weighted by atomic mass is 32.2. The number of halogens is 5. The molecule has 0 aliphatic heterocycles. The summed E-state index contributed by atoms with van der Waals surface area (Å²) in [6, 6.07) is 5.34. The Morgan fingerprint density at radius 2 is 1.90 bits per heavy atom. The molecule has 30 heavy (non-hydrogen) atoms. The summed E-state index contributed by atoms with van der Waals surface area (Å²) in [5, 5.41) is 2.58. The first-order chi connectivity index (χ1) is 14.0. The van der Waals surface area contributed by atoms with E-state index in [4.69, 9.17) is 4.74 Å². The maximum atomic E-state index is 14.7. The van der Waals surface area contributed by atoms with Crippen molar-refractivity contribution in [3.05, 3.63) is 48.3 Å². The van der Waals surface area contributed by atoms with Crippen LogP contribution in [0.25, 0.3) is 10.9 Å². The van der Waals surface area contributed by atoms with Gasteiger partial charge in [-0.2, -0.15) is 13.2 Å². The minimum absolute atomic E-state index is 0.0581. The predicted molar refractivity (Wildman–Crippen MR) is 103 cm³/mol. The second kappa shape index (κ2) is 8.38. The highest BCUT2D eigenvalue weighted by molar-refractivity contribution is 7.74. The molecule has 1 aromatic heterocycles. The van der Waals surface area contributed by atoms with E-state index in [-0.39, 0.29) is 28.1 Å². The van der Waals surface area contributed by atoms with Crippen LogP contribution in [0.5, 0.6) is 5.75 Å². The van der Waals surface area contributed by atoms with Crippen LogP contribution in [-0.2, 0) is 10.6 Å². The summed E-state index contributed by atoms with van der Waals surface area (Å²) in [7, 11) is -1.91. The fourth-order valence-corrected chi connectivity index (χ4v) is 2.97. The number of nitrogens with zero attached hydrogens (tertiary/aromatic N) is 3. The molecule has 0 saturated carbocycles. The number of aromatic nitrogens is 2. The lowest BCUT2D eigenvalue weighted by Gasteiger charge is -2.20. The van der Waals surface area contributed by atoms with Crippen LogP contribution in [0.2, 0.25) is 0 Å². The van der Waals surface area contributed by atoms with Crippen LogP contribution in [0.3, 0.4) is 0 Å². The smallest absolute Gasteiger partial charge is 0.425 e. The van der Waals surface area contributed by atoms with Gasteiger partial charge in [0, 0.05) is 29.0 Å². The van der Waals surface area contributed by atoms with Gasteiger partial charge in [0.25, 0.3) is 0 Å². The van der Waals surface area contributed by atoms with E-state index in [1.165, 1.54) is 12.3 Å². The van der Waals surface area contributed by atoms with Crippen LogP contribution in [0.1, 0.15) is 6.92 Å². The highest BCUT2D eigenvalue weighted by Gasteiger charge is 2.38. The summed E-state index contributed by atoms with van der Waals surface area (Å²) < 4.78 is 86.7. The van der Waals surface area contributed by atoms with Crippen molar-refractivity contribution in [1.82, 2.24) is 9.97 Å². The van der Waals surface area contributed by atoms with E-state index in [1.807, 2.05) is 0 Å². The van der Waals surface area contributed by atoms with E-state index in [2.05, 4.69) is 19.6 Å². The van der Waals surface area contributed by atoms with Crippen molar-refractivity contribution < 1.29 is 30.9 Å². The van der Waals surface area contributed by atoms with Gasteiger partial charge in [-0.05, 0) is 25.1 Å². The SMILES string of the molecule is C[C@@H](Oc1cc(F)ccc1Nc1ncnc2cc(/N=[SH](\C)=O)cc(F)c12)C(F)(F)F. The molecular formula is C18H15F5N4O2S. The Labute approximate surface area is 169 Å². The molecule has 0 aliphatic rings. The topological polar surface area (TPSA) is 76.5 Å². The number of benzene rings is 2.